The Labute approximate surface area is 167 Å². The number of aromatic nitrogens is 1. The van der Waals surface area contributed by atoms with Crippen molar-refractivity contribution in [3.63, 3.8) is 0 Å². The molecule has 2 bridgehead atoms. The van der Waals surface area contributed by atoms with E-state index >= 15 is 0 Å². The summed E-state index contributed by atoms with van der Waals surface area (Å²) in [4.78, 5) is 39.2. The molecule has 3 aliphatic heterocycles. The van der Waals surface area contributed by atoms with Crippen molar-refractivity contribution in [2.24, 2.45) is 5.92 Å². The number of rotatable bonds is 2. The maximum Gasteiger partial charge on any atom is 0.269 e. The summed E-state index contributed by atoms with van der Waals surface area (Å²) in [7, 11) is -4.01. The Kier molecular flexibility index (Phi) is 3.92. The Hall–Kier alpha value is -2.94. The Balaban J connectivity index is 1.38. The number of likely N-dealkylation sites (tertiary alicyclic amines) is 1. The minimum Gasteiger partial charge on any atom is -0.340 e. The summed E-state index contributed by atoms with van der Waals surface area (Å²) in [5, 5.41) is 0. The molecule has 5 rings (SSSR count). The van der Waals surface area contributed by atoms with Gasteiger partial charge in [0.15, 0.2) is 0 Å². The highest BCUT2D eigenvalue weighted by Crippen LogP contribution is 2.35. The lowest BCUT2D eigenvalue weighted by molar-refractivity contribution is -0.133. The van der Waals surface area contributed by atoms with Gasteiger partial charge >= 0.3 is 0 Å². The van der Waals surface area contributed by atoms with Crippen molar-refractivity contribution in [2.45, 2.75) is 23.8 Å². The molecule has 2 aromatic rings. The zero-order chi connectivity index (χ0) is 20.3. The third-order valence-electron chi connectivity index (χ3n) is 6.02. The van der Waals surface area contributed by atoms with Gasteiger partial charge in [-0.15, -0.1) is 0 Å². The van der Waals surface area contributed by atoms with Crippen molar-refractivity contribution in [2.75, 3.05) is 19.6 Å². The van der Waals surface area contributed by atoms with Crippen molar-refractivity contribution in [1.29, 1.82) is 0 Å². The molecule has 4 heterocycles. The molecule has 0 radical (unpaired) electrons. The summed E-state index contributed by atoms with van der Waals surface area (Å²) in [6, 6.07) is 11.2. The number of amides is 2. The van der Waals surface area contributed by atoms with E-state index in [2.05, 4.69) is 0 Å². The van der Waals surface area contributed by atoms with Crippen LogP contribution in [0.2, 0.25) is 0 Å². The van der Waals surface area contributed by atoms with Gasteiger partial charge in [0, 0.05) is 37.3 Å². The van der Waals surface area contributed by atoms with Crippen LogP contribution in [0.25, 0.3) is 0 Å². The zero-order valence-electron chi connectivity index (χ0n) is 15.5. The van der Waals surface area contributed by atoms with Crippen molar-refractivity contribution < 1.29 is 18.0 Å². The second kappa shape index (κ2) is 6.28. The van der Waals surface area contributed by atoms with Crippen LogP contribution >= 0.6 is 0 Å². The van der Waals surface area contributed by atoms with E-state index < -0.39 is 28.4 Å². The first-order valence-corrected chi connectivity index (χ1v) is 10.9. The topological polar surface area (TPSA) is 96.8 Å². The maximum absolute atomic E-state index is 12.9. The summed E-state index contributed by atoms with van der Waals surface area (Å²) in [6.45, 7) is 0.900. The Morgan fingerprint density at radius 3 is 2.59 bits per heavy atom. The van der Waals surface area contributed by atoms with Crippen molar-refractivity contribution in [3.05, 3.63) is 64.1 Å². The third-order valence-corrected chi connectivity index (χ3v) is 7.81. The molecule has 0 spiro atoms. The van der Waals surface area contributed by atoms with Gasteiger partial charge in [0.2, 0.25) is 5.91 Å². The number of benzene rings is 1. The van der Waals surface area contributed by atoms with Gasteiger partial charge in [0.25, 0.3) is 21.5 Å². The van der Waals surface area contributed by atoms with Gasteiger partial charge in [-0.25, -0.2) is 12.7 Å². The standard InChI is InChI=1S/C20H19N3O5S/c24-18-7-3-5-16-14-8-13(10-22(16)18)9-21(11-14)19(25)12-23-20(26)15-4-1-2-6-17(15)29(23,27)28/h1-7,13-14H,8-12H2/t13-,14+/m1/s1. The van der Waals surface area contributed by atoms with Gasteiger partial charge in [-0.1, -0.05) is 18.2 Å². The molecular weight excluding hydrogens is 394 g/mol. The van der Waals surface area contributed by atoms with Gasteiger partial charge < -0.3 is 9.47 Å². The second-order valence-electron chi connectivity index (χ2n) is 7.81. The minimum absolute atomic E-state index is 0.0310. The van der Waals surface area contributed by atoms with Gasteiger partial charge in [0.1, 0.15) is 11.4 Å². The largest absolute Gasteiger partial charge is 0.340 e. The van der Waals surface area contributed by atoms with Crippen molar-refractivity contribution in [1.82, 2.24) is 13.8 Å². The lowest BCUT2D eigenvalue weighted by atomic mass is 9.83. The molecule has 150 valence electrons. The number of fused-ring (bicyclic) bond motifs is 5. The van der Waals surface area contributed by atoms with Crippen LogP contribution in [0.3, 0.4) is 0 Å². The Morgan fingerprint density at radius 2 is 1.79 bits per heavy atom. The number of nitrogens with zero attached hydrogens (tertiary/aromatic N) is 3. The number of hydrogen-bond acceptors (Lipinski definition) is 5. The molecule has 1 aromatic heterocycles. The molecule has 9 heteroatoms. The van der Waals surface area contributed by atoms with Gasteiger partial charge in [0.05, 0.1) is 5.56 Å². The summed E-state index contributed by atoms with van der Waals surface area (Å²) in [5.74, 6) is -0.893. The molecule has 3 aliphatic rings. The normalized spacial score (nSPS) is 24.2. The second-order valence-corrected chi connectivity index (χ2v) is 9.64. The van der Waals surface area contributed by atoms with Crippen molar-refractivity contribution >= 4 is 21.8 Å². The van der Waals surface area contributed by atoms with Crippen LogP contribution in [0.15, 0.2) is 52.2 Å². The van der Waals surface area contributed by atoms with Crippen molar-refractivity contribution in [3.8, 4) is 0 Å². The fourth-order valence-corrected chi connectivity index (χ4v) is 6.23. The Bertz CT molecular complexity index is 1200. The molecular formula is C20H19N3O5S. The lowest BCUT2D eigenvalue weighted by Gasteiger charge is -2.43. The predicted octanol–water partition coefficient (Wildman–Crippen LogP) is 0.639. The minimum atomic E-state index is -4.01. The molecule has 29 heavy (non-hydrogen) atoms. The van der Waals surface area contributed by atoms with Crippen LogP contribution in [0.5, 0.6) is 0 Å². The Morgan fingerprint density at radius 1 is 1.00 bits per heavy atom. The highest BCUT2D eigenvalue weighted by atomic mass is 32.2. The van der Waals surface area contributed by atoms with E-state index in [1.165, 1.54) is 18.2 Å². The smallest absolute Gasteiger partial charge is 0.269 e. The quantitative estimate of drug-likeness (QED) is 0.720. The van der Waals surface area contributed by atoms with Crippen LogP contribution in [-0.2, 0) is 21.4 Å². The number of carbonyl (C=O) groups excluding carboxylic acids is 2. The number of piperidine rings is 1. The highest BCUT2D eigenvalue weighted by Gasteiger charge is 2.43. The van der Waals surface area contributed by atoms with E-state index in [4.69, 9.17) is 0 Å². The third kappa shape index (κ3) is 2.71. The molecule has 0 unspecified atom stereocenters. The first-order valence-electron chi connectivity index (χ1n) is 9.50. The summed E-state index contributed by atoms with van der Waals surface area (Å²) in [5.41, 5.74) is 0.969. The first kappa shape index (κ1) is 18.1. The lowest BCUT2D eigenvalue weighted by Crippen LogP contribution is -2.51. The van der Waals surface area contributed by atoms with Crippen LogP contribution in [0.4, 0.5) is 0 Å². The number of pyridine rings is 1. The highest BCUT2D eigenvalue weighted by molar-refractivity contribution is 7.90. The molecule has 1 fully saturated rings. The molecule has 8 nitrogen and oxygen atoms in total. The molecule has 2 amide bonds. The summed E-state index contributed by atoms with van der Waals surface area (Å²) in [6.07, 6.45) is 0.889. The van der Waals surface area contributed by atoms with Crippen LogP contribution in [0, 0.1) is 5.92 Å². The van der Waals surface area contributed by atoms with E-state index in [0.29, 0.717) is 23.9 Å². The van der Waals surface area contributed by atoms with E-state index in [0.717, 1.165) is 12.1 Å². The molecule has 0 saturated carbocycles. The molecule has 0 N–H and O–H groups in total. The van der Waals surface area contributed by atoms with Gasteiger partial charge in [-0.3, -0.25) is 14.4 Å². The average Bonchev–Trinajstić information content (AvgIpc) is 2.90. The number of carbonyl (C=O) groups is 2. The fourth-order valence-electron chi connectivity index (χ4n) is 4.71. The molecule has 2 atom stereocenters. The maximum atomic E-state index is 12.9. The monoisotopic (exact) mass is 413 g/mol. The summed E-state index contributed by atoms with van der Waals surface area (Å²) < 4.78 is 27.9. The molecule has 1 aromatic carbocycles. The van der Waals surface area contributed by atoms with E-state index in [-0.39, 0.29) is 27.9 Å². The van der Waals surface area contributed by atoms with E-state index in [1.54, 1.807) is 27.7 Å². The SMILES string of the molecule is O=C(CN1C(=O)c2ccccc2S1(=O)=O)N1C[C@H]2C[C@@H](C1)c1cccc(=O)n1C2. The molecule has 1 saturated heterocycles. The zero-order valence-corrected chi connectivity index (χ0v) is 16.3. The van der Waals surface area contributed by atoms with E-state index in [9.17, 15) is 22.8 Å². The van der Waals surface area contributed by atoms with Crippen LogP contribution in [0.1, 0.15) is 28.4 Å². The first-order chi connectivity index (χ1) is 13.9. The predicted molar refractivity (Wildman–Crippen MR) is 103 cm³/mol. The van der Waals surface area contributed by atoms with Crippen LogP contribution in [-0.4, -0.2) is 53.6 Å². The van der Waals surface area contributed by atoms with Crippen LogP contribution < -0.4 is 5.56 Å². The van der Waals surface area contributed by atoms with Gasteiger partial charge in [-0.05, 0) is 30.5 Å². The fraction of sp³-hybridized carbons (Fsp3) is 0.350. The summed E-state index contributed by atoms with van der Waals surface area (Å²) >= 11 is 0. The number of sulfonamides is 1. The van der Waals surface area contributed by atoms with E-state index in [1.807, 2.05) is 6.07 Å². The van der Waals surface area contributed by atoms with Gasteiger partial charge in [-0.2, -0.15) is 0 Å². The number of hydrogen-bond donors (Lipinski definition) is 0. The average molecular weight is 413 g/mol. The molecule has 0 aliphatic carbocycles.